The van der Waals surface area contributed by atoms with Crippen molar-refractivity contribution in [2.24, 2.45) is 5.92 Å². The van der Waals surface area contributed by atoms with E-state index >= 15 is 0 Å². The fraction of sp³-hybridized carbons (Fsp3) is 0.429. The molecule has 0 aliphatic heterocycles. The number of amides is 1. The third-order valence-electron chi connectivity index (χ3n) is 3.48. The molecule has 7 nitrogen and oxygen atoms in total. The summed E-state index contributed by atoms with van der Waals surface area (Å²) < 4.78 is 1.74. The quantitative estimate of drug-likeness (QED) is 0.650. The Bertz CT molecular complexity index is 722. The van der Waals surface area contributed by atoms with Gasteiger partial charge in [-0.2, -0.15) is 5.10 Å². The van der Waals surface area contributed by atoms with Gasteiger partial charge in [0.2, 0.25) is 0 Å². The number of aromatic amines is 1. The smallest absolute Gasteiger partial charge is 0.264 e. The molecule has 2 N–H and O–H groups in total. The van der Waals surface area contributed by atoms with E-state index in [1.165, 1.54) is 18.0 Å². The maximum absolute atomic E-state index is 12.3. The Morgan fingerprint density at radius 2 is 2.14 bits per heavy atom. The predicted molar refractivity (Wildman–Crippen MR) is 86.4 cm³/mol. The van der Waals surface area contributed by atoms with E-state index < -0.39 is 11.5 Å². The van der Waals surface area contributed by atoms with Crippen LogP contribution in [0, 0.1) is 5.92 Å². The standard InChI is InChI=1S/C14H19N5O2S/c1-8(2)9(3)19-11(5-6-16-19)17-12(20)10-7-15-14(22-4)18-13(10)21/h5-9H,1-4H3,(H,17,20)(H,15,18,21). The summed E-state index contributed by atoms with van der Waals surface area (Å²) in [5.41, 5.74) is -0.484. The number of carbonyl (C=O) groups excluding carboxylic acids is 1. The number of nitrogens with zero attached hydrogens (tertiary/aromatic N) is 3. The summed E-state index contributed by atoms with van der Waals surface area (Å²) in [6.07, 6.45) is 4.70. The largest absolute Gasteiger partial charge is 0.307 e. The van der Waals surface area contributed by atoms with Gasteiger partial charge in [0, 0.05) is 12.3 Å². The Morgan fingerprint density at radius 1 is 1.41 bits per heavy atom. The third-order valence-corrected chi connectivity index (χ3v) is 4.07. The molecular formula is C14H19N5O2S. The van der Waals surface area contributed by atoms with Gasteiger partial charge in [0.05, 0.1) is 12.2 Å². The van der Waals surface area contributed by atoms with Crippen molar-refractivity contribution in [1.82, 2.24) is 19.7 Å². The zero-order valence-electron chi connectivity index (χ0n) is 13.0. The van der Waals surface area contributed by atoms with Crippen LogP contribution in [-0.4, -0.2) is 31.9 Å². The van der Waals surface area contributed by atoms with Crippen molar-refractivity contribution in [3.63, 3.8) is 0 Å². The SMILES string of the molecule is CSc1ncc(C(=O)Nc2ccnn2C(C)C(C)C)c(=O)[nH]1. The average molecular weight is 321 g/mol. The minimum Gasteiger partial charge on any atom is -0.307 e. The van der Waals surface area contributed by atoms with Crippen molar-refractivity contribution < 1.29 is 4.79 Å². The molecule has 0 fully saturated rings. The second-order valence-corrected chi connectivity index (χ2v) is 6.03. The number of hydrogen-bond acceptors (Lipinski definition) is 5. The Labute approximate surface area is 132 Å². The Morgan fingerprint density at radius 3 is 2.73 bits per heavy atom. The molecule has 0 spiro atoms. The van der Waals surface area contributed by atoms with E-state index in [1.54, 1.807) is 23.2 Å². The van der Waals surface area contributed by atoms with Gasteiger partial charge in [-0.05, 0) is 19.1 Å². The lowest BCUT2D eigenvalue weighted by molar-refractivity contribution is 0.102. The number of H-pyrrole nitrogens is 1. The Kier molecular flexibility index (Phi) is 5.02. The number of anilines is 1. The first-order valence-corrected chi connectivity index (χ1v) is 8.14. The van der Waals surface area contributed by atoms with Crippen LogP contribution >= 0.6 is 11.8 Å². The highest BCUT2D eigenvalue weighted by molar-refractivity contribution is 7.98. The van der Waals surface area contributed by atoms with Crippen LogP contribution in [0.3, 0.4) is 0 Å². The van der Waals surface area contributed by atoms with Gasteiger partial charge in [0.25, 0.3) is 11.5 Å². The lowest BCUT2D eigenvalue weighted by atomic mass is 10.1. The van der Waals surface area contributed by atoms with E-state index in [0.717, 1.165) is 0 Å². The van der Waals surface area contributed by atoms with Gasteiger partial charge < -0.3 is 10.3 Å². The first-order chi connectivity index (χ1) is 10.4. The lowest BCUT2D eigenvalue weighted by Crippen LogP contribution is -2.26. The van der Waals surface area contributed by atoms with E-state index in [-0.39, 0.29) is 11.6 Å². The Hall–Kier alpha value is -2.09. The molecule has 1 atom stereocenters. The fourth-order valence-electron chi connectivity index (χ4n) is 1.85. The van der Waals surface area contributed by atoms with Crippen LogP contribution in [-0.2, 0) is 0 Å². The number of aromatic nitrogens is 4. The molecule has 2 aromatic heterocycles. The molecule has 1 unspecified atom stereocenters. The summed E-state index contributed by atoms with van der Waals surface area (Å²) in [5.74, 6) is 0.417. The zero-order valence-corrected chi connectivity index (χ0v) is 13.8. The molecule has 0 saturated carbocycles. The lowest BCUT2D eigenvalue weighted by Gasteiger charge is -2.19. The van der Waals surface area contributed by atoms with E-state index in [1.807, 2.05) is 6.92 Å². The maximum Gasteiger partial charge on any atom is 0.264 e. The summed E-state index contributed by atoms with van der Waals surface area (Å²) in [5, 5.41) is 7.42. The zero-order chi connectivity index (χ0) is 16.3. The number of rotatable bonds is 5. The van der Waals surface area contributed by atoms with Crippen LogP contribution in [0.2, 0.25) is 0 Å². The van der Waals surface area contributed by atoms with Crippen molar-refractivity contribution in [3.8, 4) is 0 Å². The van der Waals surface area contributed by atoms with E-state index in [0.29, 0.717) is 16.9 Å². The number of thioether (sulfide) groups is 1. The van der Waals surface area contributed by atoms with Crippen molar-refractivity contribution in [1.29, 1.82) is 0 Å². The second kappa shape index (κ2) is 6.78. The molecule has 0 bridgehead atoms. The van der Waals surface area contributed by atoms with Gasteiger partial charge in [-0.25, -0.2) is 9.67 Å². The average Bonchev–Trinajstić information content (AvgIpc) is 2.93. The first kappa shape index (κ1) is 16.3. The van der Waals surface area contributed by atoms with Crippen LogP contribution in [0.4, 0.5) is 5.82 Å². The van der Waals surface area contributed by atoms with Gasteiger partial charge in [-0.3, -0.25) is 9.59 Å². The van der Waals surface area contributed by atoms with Crippen LogP contribution < -0.4 is 10.9 Å². The molecule has 2 aromatic rings. The van der Waals surface area contributed by atoms with Crippen LogP contribution in [0.5, 0.6) is 0 Å². The Balaban J connectivity index is 2.23. The molecule has 22 heavy (non-hydrogen) atoms. The minimum absolute atomic E-state index is 0.0252. The minimum atomic E-state index is -0.501. The normalized spacial score (nSPS) is 12.4. The monoisotopic (exact) mass is 321 g/mol. The van der Waals surface area contributed by atoms with Gasteiger partial charge in [0.1, 0.15) is 11.4 Å². The highest BCUT2D eigenvalue weighted by Crippen LogP contribution is 2.21. The van der Waals surface area contributed by atoms with Gasteiger partial charge in [-0.15, -0.1) is 0 Å². The van der Waals surface area contributed by atoms with Crippen LogP contribution in [0.15, 0.2) is 28.4 Å². The third kappa shape index (κ3) is 3.38. The van der Waals surface area contributed by atoms with E-state index in [2.05, 4.69) is 34.2 Å². The van der Waals surface area contributed by atoms with Gasteiger partial charge >= 0.3 is 0 Å². The number of nitrogens with one attached hydrogen (secondary N) is 2. The van der Waals surface area contributed by atoms with Crippen LogP contribution in [0.25, 0.3) is 0 Å². The molecule has 0 radical (unpaired) electrons. The first-order valence-electron chi connectivity index (χ1n) is 6.92. The van der Waals surface area contributed by atoms with Gasteiger partial charge in [0.15, 0.2) is 5.16 Å². The van der Waals surface area contributed by atoms with Crippen molar-refractivity contribution in [2.45, 2.75) is 32.0 Å². The molecule has 0 saturated heterocycles. The molecule has 8 heteroatoms. The molecule has 2 heterocycles. The highest BCUT2D eigenvalue weighted by atomic mass is 32.2. The summed E-state index contributed by atoms with van der Waals surface area (Å²) >= 11 is 1.31. The summed E-state index contributed by atoms with van der Waals surface area (Å²) in [6.45, 7) is 6.18. The van der Waals surface area contributed by atoms with Crippen LogP contribution in [0.1, 0.15) is 37.2 Å². The summed E-state index contributed by atoms with van der Waals surface area (Å²) in [6, 6.07) is 1.83. The van der Waals surface area contributed by atoms with Crippen molar-refractivity contribution >= 4 is 23.5 Å². The number of carbonyl (C=O) groups is 1. The van der Waals surface area contributed by atoms with Crippen molar-refractivity contribution in [2.75, 3.05) is 11.6 Å². The molecule has 1 amide bonds. The van der Waals surface area contributed by atoms with E-state index in [4.69, 9.17) is 0 Å². The van der Waals surface area contributed by atoms with E-state index in [9.17, 15) is 9.59 Å². The summed E-state index contributed by atoms with van der Waals surface area (Å²) in [7, 11) is 0. The number of hydrogen-bond donors (Lipinski definition) is 2. The molecular weight excluding hydrogens is 302 g/mol. The summed E-state index contributed by atoms with van der Waals surface area (Å²) in [4.78, 5) is 30.7. The highest BCUT2D eigenvalue weighted by Gasteiger charge is 2.17. The fourth-order valence-corrected chi connectivity index (χ4v) is 2.20. The molecule has 0 aliphatic carbocycles. The predicted octanol–water partition coefficient (Wildman–Crippen LogP) is 2.16. The maximum atomic E-state index is 12.3. The van der Waals surface area contributed by atoms with Crippen molar-refractivity contribution in [3.05, 3.63) is 34.4 Å². The molecule has 118 valence electrons. The molecule has 0 aromatic carbocycles. The molecule has 0 aliphatic rings. The molecule has 2 rings (SSSR count). The van der Waals surface area contributed by atoms with Gasteiger partial charge in [-0.1, -0.05) is 25.6 Å². The topological polar surface area (TPSA) is 92.7 Å². The second-order valence-electron chi connectivity index (χ2n) is 5.24.